The van der Waals surface area contributed by atoms with Crippen LogP contribution in [0.4, 0.5) is 5.82 Å². The number of nitrogens with one attached hydrogen (secondary N) is 2. The van der Waals surface area contributed by atoms with Gasteiger partial charge in [-0.2, -0.15) is 0 Å². The van der Waals surface area contributed by atoms with Crippen molar-refractivity contribution in [3.05, 3.63) is 39.2 Å². The van der Waals surface area contributed by atoms with Crippen LogP contribution in [0.3, 0.4) is 0 Å². The highest BCUT2D eigenvalue weighted by atomic mass is 32.1. The van der Waals surface area contributed by atoms with Gasteiger partial charge in [-0.1, -0.05) is 6.07 Å². The molecule has 1 aliphatic heterocycles. The van der Waals surface area contributed by atoms with Gasteiger partial charge in [0.1, 0.15) is 16.3 Å². The van der Waals surface area contributed by atoms with Gasteiger partial charge in [-0.15, -0.1) is 22.7 Å². The summed E-state index contributed by atoms with van der Waals surface area (Å²) in [4.78, 5) is 36.1. The number of hydrogen-bond acceptors (Lipinski definition) is 8. The van der Waals surface area contributed by atoms with Crippen molar-refractivity contribution in [3.8, 4) is 10.7 Å². The van der Waals surface area contributed by atoms with Crippen molar-refractivity contribution in [1.29, 1.82) is 0 Å². The molecule has 0 atom stereocenters. The predicted molar refractivity (Wildman–Crippen MR) is 106 cm³/mol. The van der Waals surface area contributed by atoms with Crippen LogP contribution < -0.4 is 10.6 Å². The van der Waals surface area contributed by atoms with E-state index in [1.807, 2.05) is 24.4 Å². The van der Waals surface area contributed by atoms with E-state index >= 15 is 0 Å². The molecular formula is C18H16N4O3S2. The van der Waals surface area contributed by atoms with Crippen molar-refractivity contribution in [2.45, 2.75) is 20.5 Å². The number of methoxy groups -OCH3 is 1. The number of amides is 2. The Bertz CT molecular complexity index is 1100. The number of carbonyl (C=O) groups is 2. The van der Waals surface area contributed by atoms with Crippen molar-refractivity contribution in [2.75, 3.05) is 12.4 Å². The number of aromatic nitrogens is 2. The molecule has 7 nitrogen and oxygen atoms in total. The highest BCUT2D eigenvalue weighted by molar-refractivity contribution is 7.19. The largest absolute Gasteiger partial charge is 0.379 e. The number of rotatable bonds is 5. The number of ether oxygens (including phenoxy) is 1. The van der Waals surface area contributed by atoms with E-state index in [2.05, 4.69) is 15.6 Å². The standard InChI is InChI=1S/C18H16N4O3S2/c1-8-11(7-25-3)27-18-12(8)15(19-13-9(2)16(23)22-17(13)24)20-14(21-18)10-5-4-6-26-10/h4-6H,7H2,1-3H3,(H2,19,20,21,22,23,24). The third-order valence-electron chi connectivity index (χ3n) is 4.32. The zero-order chi connectivity index (χ0) is 19.1. The molecule has 27 heavy (non-hydrogen) atoms. The lowest BCUT2D eigenvalue weighted by atomic mass is 10.2. The molecule has 2 amide bonds. The molecule has 3 aromatic rings. The normalized spacial score (nSPS) is 14.3. The fourth-order valence-electron chi connectivity index (χ4n) is 2.87. The van der Waals surface area contributed by atoms with Gasteiger partial charge in [0, 0.05) is 17.6 Å². The molecule has 0 radical (unpaired) electrons. The second-order valence-corrected chi connectivity index (χ2v) is 8.08. The molecule has 9 heteroatoms. The van der Waals surface area contributed by atoms with E-state index in [0.29, 0.717) is 23.8 Å². The first-order valence-corrected chi connectivity index (χ1v) is 9.85. The van der Waals surface area contributed by atoms with Gasteiger partial charge in [-0.25, -0.2) is 9.97 Å². The monoisotopic (exact) mass is 400 g/mol. The summed E-state index contributed by atoms with van der Waals surface area (Å²) >= 11 is 3.08. The van der Waals surface area contributed by atoms with Gasteiger partial charge >= 0.3 is 0 Å². The van der Waals surface area contributed by atoms with E-state index in [1.165, 1.54) is 11.3 Å². The smallest absolute Gasteiger partial charge is 0.275 e. The zero-order valence-electron chi connectivity index (χ0n) is 14.9. The molecule has 3 aromatic heterocycles. The van der Waals surface area contributed by atoms with Crippen LogP contribution in [0.15, 0.2) is 28.8 Å². The highest BCUT2D eigenvalue weighted by Gasteiger charge is 2.29. The summed E-state index contributed by atoms with van der Waals surface area (Å²) in [6, 6.07) is 3.88. The number of fused-ring (bicyclic) bond motifs is 1. The SMILES string of the molecule is COCc1sc2nc(-c3cccs3)nc(NC3=C(C)C(=O)NC3=O)c2c1C. The fourth-order valence-corrected chi connectivity index (χ4v) is 4.68. The van der Waals surface area contributed by atoms with Crippen LogP contribution in [0.5, 0.6) is 0 Å². The summed E-state index contributed by atoms with van der Waals surface area (Å²) in [7, 11) is 1.65. The Morgan fingerprint density at radius 2 is 2.04 bits per heavy atom. The third kappa shape index (κ3) is 3.03. The maximum Gasteiger partial charge on any atom is 0.275 e. The van der Waals surface area contributed by atoms with Crippen molar-refractivity contribution < 1.29 is 14.3 Å². The van der Waals surface area contributed by atoms with E-state index in [1.54, 1.807) is 25.4 Å². The quantitative estimate of drug-likeness (QED) is 0.639. The number of imide groups is 1. The third-order valence-corrected chi connectivity index (χ3v) is 6.34. The molecule has 0 aromatic carbocycles. The molecule has 0 bridgehead atoms. The predicted octanol–water partition coefficient (Wildman–Crippen LogP) is 3.22. The first kappa shape index (κ1) is 17.8. The maximum atomic E-state index is 12.1. The maximum absolute atomic E-state index is 12.1. The molecule has 0 fully saturated rings. The summed E-state index contributed by atoms with van der Waals surface area (Å²) in [6.45, 7) is 4.06. The second-order valence-electron chi connectivity index (χ2n) is 6.04. The zero-order valence-corrected chi connectivity index (χ0v) is 16.5. The molecule has 4 rings (SSSR count). The molecule has 2 N–H and O–H groups in total. The Kier molecular flexibility index (Phi) is 4.50. The van der Waals surface area contributed by atoms with E-state index in [9.17, 15) is 9.59 Å². The number of anilines is 1. The summed E-state index contributed by atoms with van der Waals surface area (Å²) < 4.78 is 5.29. The molecular weight excluding hydrogens is 384 g/mol. The van der Waals surface area contributed by atoms with Gasteiger partial charge in [0.05, 0.1) is 16.9 Å². The van der Waals surface area contributed by atoms with Gasteiger partial charge in [-0.05, 0) is 30.9 Å². The van der Waals surface area contributed by atoms with Crippen molar-refractivity contribution in [3.63, 3.8) is 0 Å². The fraction of sp³-hybridized carbons (Fsp3) is 0.222. The van der Waals surface area contributed by atoms with Crippen LogP contribution in [-0.4, -0.2) is 28.9 Å². The Balaban J connectivity index is 1.91. The summed E-state index contributed by atoms with van der Waals surface area (Å²) in [5, 5.41) is 8.17. The minimum absolute atomic E-state index is 0.219. The van der Waals surface area contributed by atoms with Crippen LogP contribution in [0.25, 0.3) is 20.9 Å². The van der Waals surface area contributed by atoms with Gasteiger partial charge in [-0.3, -0.25) is 14.9 Å². The minimum atomic E-state index is -0.452. The lowest BCUT2D eigenvalue weighted by Gasteiger charge is -2.09. The second kappa shape index (κ2) is 6.84. The molecule has 0 unspecified atom stereocenters. The molecule has 0 saturated heterocycles. The number of hydrogen-bond donors (Lipinski definition) is 2. The van der Waals surface area contributed by atoms with E-state index < -0.39 is 11.8 Å². The Labute approximate surface area is 163 Å². The van der Waals surface area contributed by atoms with Gasteiger partial charge in [0.15, 0.2) is 5.82 Å². The lowest BCUT2D eigenvalue weighted by molar-refractivity contribution is -0.124. The first-order chi connectivity index (χ1) is 13.0. The molecule has 138 valence electrons. The van der Waals surface area contributed by atoms with Crippen LogP contribution in [0, 0.1) is 6.92 Å². The Hall–Kier alpha value is -2.62. The number of thiophene rings is 2. The molecule has 1 aliphatic rings. The highest BCUT2D eigenvalue weighted by Crippen LogP contribution is 2.37. The lowest BCUT2D eigenvalue weighted by Crippen LogP contribution is -2.24. The number of nitrogens with zero attached hydrogens (tertiary/aromatic N) is 2. The van der Waals surface area contributed by atoms with E-state index in [0.717, 1.165) is 25.5 Å². The number of aryl methyl sites for hydroxylation is 1. The van der Waals surface area contributed by atoms with Gasteiger partial charge in [0.25, 0.3) is 11.8 Å². The molecule has 0 aliphatic carbocycles. The average molecular weight is 400 g/mol. The number of carbonyl (C=O) groups excluding carboxylic acids is 2. The van der Waals surface area contributed by atoms with Crippen LogP contribution in [0.2, 0.25) is 0 Å². The summed E-state index contributed by atoms with van der Waals surface area (Å²) in [6.07, 6.45) is 0. The molecule has 4 heterocycles. The average Bonchev–Trinajstić information content (AvgIpc) is 3.33. The minimum Gasteiger partial charge on any atom is -0.379 e. The first-order valence-electron chi connectivity index (χ1n) is 8.16. The Morgan fingerprint density at radius 1 is 1.22 bits per heavy atom. The van der Waals surface area contributed by atoms with Crippen LogP contribution in [-0.2, 0) is 20.9 Å². The van der Waals surface area contributed by atoms with Crippen molar-refractivity contribution >= 4 is 50.5 Å². The van der Waals surface area contributed by atoms with E-state index in [-0.39, 0.29) is 5.70 Å². The van der Waals surface area contributed by atoms with Crippen LogP contribution >= 0.6 is 22.7 Å². The summed E-state index contributed by atoms with van der Waals surface area (Å²) in [5.41, 5.74) is 1.56. The topological polar surface area (TPSA) is 93.2 Å². The summed E-state index contributed by atoms with van der Waals surface area (Å²) in [5.74, 6) is 0.243. The van der Waals surface area contributed by atoms with Crippen molar-refractivity contribution in [1.82, 2.24) is 15.3 Å². The van der Waals surface area contributed by atoms with Gasteiger partial charge < -0.3 is 10.1 Å². The van der Waals surface area contributed by atoms with Crippen LogP contribution in [0.1, 0.15) is 17.4 Å². The molecule has 0 spiro atoms. The molecule has 0 saturated carbocycles. The van der Waals surface area contributed by atoms with Crippen molar-refractivity contribution in [2.24, 2.45) is 0 Å². The Morgan fingerprint density at radius 3 is 2.67 bits per heavy atom. The van der Waals surface area contributed by atoms with Gasteiger partial charge in [0.2, 0.25) is 0 Å². The van der Waals surface area contributed by atoms with E-state index in [4.69, 9.17) is 9.72 Å².